The lowest BCUT2D eigenvalue weighted by atomic mass is 10.0. The highest BCUT2D eigenvalue weighted by Gasteiger charge is 2.33. The maximum atomic E-state index is 12.7. The fourth-order valence-electron chi connectivity index (χ4n) is 5.10. The van der Waals surface area contributed by atoms with Gasteiger partial charge in [-0.05, 0) is 48.8 Å². The predicted molar refractivity (Wildman–Crippen MR) is 160 cm³/mol. The lowest BCUT2D eigenvalue weighted by Gasteiger charge is -2.03. The minimum absolute atomic E-state index is 0.114. The van der Waals surface area contributed by atoms with Crippen molar-refractivity contribution in [3.8, 4) is 5.75 Å². The standard InChI is InChI=1S/C23H12O4.C12H27N/c24-21-15-8-4-5-9-16(15)22(25)20(21)14-10-11-17-18(12-14)27-23(26)19(17)13-6-2-1-3-7-13;1-3-5-7-9-11-13-12-10-8-6-4-2/h1-12H;13H,3-12H2,1-2H3. The van der Waals surface area contributed by atoms with Crippen LogP contribution in [0, 0.1) is 0 Å². The minimum Gasteiger partial charge on any atom is -0.422 e. The van der Waals surface area contributed by atoms with E-state index in [2.05, 4.69) is 19.2 Å². The largest absolute Gasteiger partial charge is 0.422 e. The second-order valence-corrected chi connectivity index (χ2v) is 10.3. The molecule has 2 aliphatic rings. The molecule has 1 heterocycles. The van der Waals surface area contributed by atoms with Gasteiger partial charge in [0, 0.05) is 16.3 Å². The van der Waals surface area contributed by atoms with Gasteiger partial charge in [-0.1, -0.05) is 113 Å². The molecule has 0 saturated heterocycles. The van der Waals surface area contributed by atoms with E-state index in [4.69, 9.17) is 4.74 Å². The lowest BCUT2D eigenvalue weighted by Crippen LogP contribution is -2.17. The van der Waals surface area contributed by atoms with E-state index in [1.807, 2.05) is 30.3 Å². The highest BCUT2D eigenvalue weighted by atomic mass is 16.5. The van der Waals surface area contributed by atoms with Crippen molar-refractivity contribution >= 4 is 28.7 Å². The molecule has 5 heteroatoms. The molecule has 0 saturated carbocycles. The number of hydrogen-bond donors (Lipinski definition) is 1. The Kier molecular flexibility index (Phi) is 10.6. The smallest absolute Gasteiger partial charge is 0.344 e. The fraction of sp³-hybridized carbons (Fsp3) is 0.343. The highest BCUT2D eigenvalue weighted by molar-refractivity contribution is 6.55. The van der Waals surface area contributed by atoms with Crippen LogP contribution in [0.5, 0.6) is 5.75 Å². The molecule has 0 radical (unpaired) electrons. The average molecular weight is 538 g/mol. The van der Waals surface area contributed by atoms with Crippen LogP contribution < -0.4 is 20.5 Å². The Morgan fingerprint density at radius 1 is 0.625 bits per heavy atom. The van der Waals surface area contributed by atoms with Crippen molar-refractivity contribution in [2.24, 2.45) is 0 Å². The van der Waals surface area contributed by atoms with Crippen LogP contribution in [0.15, 0.2) is 72.8 Å². The summed E-state index contributed by atoms with van der Waals surface area (Å²) >= 11 is 0. The quantitative estimate of drug-likeness (QED) is 0.191. The molecule has 0 spiro atoms. The van der Waals surface area contributed by atoms with Crippen LogP contribution in [-0.4, -0.2) is 30.6 Å². The van der Waals surface area contributed by atoms with E-state index >= 15 is 0 Å². The maximum absolute atomic E-state index is 12.7. The number of carbonyl (C=O) groups excluding carboxylic acids is 3. The van der Waals surface area contributed by atoms with Gasteiger partial charge in [-0.15, -0.1) is 0 Å². The van der Waals surface area contributed by atoms with Crippen molar-refractivity contribution in [2.45, 2.75) is 65.2 Å². The van der Waals surface area contributed by atoms with E-state index in [1.54, 1.807) is 42.5 Å². The predicted octanol–water partition coefficient (Wildman–Crippen LogP) is 5.77. The number of carbonyl (C=O) groups is 3. The number of hydrogen-bond acceptors (Lipinski definition) is 5. The van der Waals surface area contributed by atoms with Crippen molar-refractivity contribution in [3.05, 3.63) is 99.9 Å². The van der Waals surface area contributed by atoms with E-state index < -0.39 is 5.97 Å². The zero-order valence-corrected chi connectivity index (χ0v) is 23.6. The van der Waals surface area contributed by atoms with Gasteiger partial charge in [0.25, 0.3) is 0 Å². The number of ether oxygens (including phenoxy) is 1. The van der Waals surface area contributed by atoms with E-state index in [9.17, 15) is 14.4 Å². The molecule has 3 aromatic carbocycles. The van der Waals surface area contributed by atoms with Gasteiger partial charge < -0.3 is 10.1 Å². The first-order chi connectivity index (χ1) is 19.6. The summed E-state index contributed by atoms with van der Waals surface area (Å²) in [6.45, 7) is 6.98. The number of esters is 1. The normalized spacial score (nSPS) is 13.6. The molecule has 1 N–H and O–H groups in total. The van der Waals surface area contributed by atoms with Crippen LogP contribution in [0.1, 0.15) is 91.5 Å². The Morgan fingerprint density at radius 2 is 1.20 bits per heavy atom. The van der Waals surface area contributed by atoms with Crippen molar-refractivity contribution in [1.82, 2.24) is 5.32 Å². The van der Waals surface area contributed by atoms with Gasteiger partial charge in [0.05, 0.1) is 11.1 Å². The third kappa shape index (κ3) is 6.83. The summed E-state index contributed by atoms with van der Waals surface area (Å²) < 4.78 is 5.41. The third-order valence-electron chi connectivity index (χ3n) is 7.29. The second-order valence-electron chi connectivity index (χ2n) is 10.3. The Hall–Kier alpha value is -3.83. The first-order valence-corrected chi connectivity index (χ1v) is 14.6. The van der Waals surface area contributed by atoms with Gasteiger partial charge >= 0.3 is 5.97 Å². The fourth-order valence-corrected chi connectivity index (χ4v) is 5.10. The van der Waals surface area contributed by atoms with Gasteiger partial charge in [0.2, 0.25) is 0 Å². The molecule has 0 amide bonds. The Bertz CT molecular complexity index is 1430. The highest BCUT2D eigenvalue weighted by Crippen LogP contribution is 2.27. The van der Waals surface area contributed by atoms with E-state index in [-0.39, 0.29) is 17.1 Å². The molecule has 3 aromatic rings. The molecule has 208 valence electrons. The Labute approximate surface area is 237 Å². The summed E-state index contributed by atoms with van der Waals surface area (Å²) in [7, 11) is 0. The molecule has 40 heavy (non-hydrogen) atoms. The monoisotopic (exact) mass is 537 g/mol. The van der Waals surface area contributed by atoms with Gasteiger partial charge in [0.15, 0.2) is 11.6 Å². The van der Waals surface area contributed by atoms with Crippen molar-refractivity contribution in [1.29, 1.82) is 0 Å². The first kappa shape index (κ1) is 29.2. The number of rotatable bonds is 11. The number of Topliss-reactive ketones (excluding diaryl/α,β-unsaturated/α-hetero) is 2. The molecule has 5 nitrogen and oxygen atoms in total. The summed E-state index contributed by atoms with van der Waals surface area (Å²) in [5, 5.41) is 4.62. The average Bonchev–Trinajstić information content (AvgIpc) is 3.44. The van der Waals surface area contributed by atoms with Gasteiger partial charge in [-0.2, -0.15) is 0 Å². The van der Waals surface area contributed by atoms with Gasteiger partial charge in [-0.3, -0.25) is 9.59 Å². The lowest BCUT2D eigenvalue weighted by molar-refractivity contribution is -0.127. The maximum Gasteiger partial charge on any atom is 0.344 e. The molecule has 0 atom stereocenters. The van der Waals surface area contributed by atoms with Crippen molar-refractivity contribution in [3.63, 3.8) is 0 Å². The number of ketones is 2. The molecular formula is C35H39NO4. The minimum atomic E-state index is -0.439. The second kappa shape index (κ2) is 14.5. The molecule has 1 aliphatic carbocycles. The van der Waals surface area contributed by atoms with Crippen LogP contribution in [0.4, 0.5) is 0 Å². The Morgan fingerprint density at radius 3 is 1.77 bits per heavy atom. The zero-order valence-electron chi connectivity index (χ0n) is 23.6. The van der Waals surface area contributed by atoms with Crippen molar-refractivity contribution in [2.75, 3.05) is 13.1 Å². The van der Waals surface area contributed by atoms with Crippen LogP contribution in [0.2, 0.25) is 0 Å². The van der Waals surface area contributed by atoms with Crippen LogP contribution >= 0.6 is 0 Å². The van der Waals surface area contributed by atoms with E-state index in [0.717, 1.165) is 5.56 Å². The zero-order chi connectivity index (χ0) is 28.3. The number of unbranched alkanes of at least 4 members (excludes halogenated alkanes) is 6. The SMILES string of the molecule is CCCCCCNCCCCCC.O=C1Oc2cc(=C3C(=O)c4ccccc4C3=O)ccc2=C1c1ccccc1. The van der Waals surface area contributed by atoms with Crippen LogP contribution in [-0.2, 0) is 4.79 Å². The number of nitrogens with one attached hydrogen (secondary N) is 1. The number of benzene rings is 3. The first-order valence-electron chi connectivity index (χ1n) is 14.6. The summed E-state index contributed by atoms with van der Waals surface area (Å²) in [5.41, 5.74) is 2.18. The topological polar surface area (TPSA) is 72.5 Å². The molecule has 0 fully saturated rings. The summed E-state index contributed by atoms with van der Waals surface area (Å²) in [6.07, 6.45) is 11.0. The third-order valence-corrected chi connectivity index (χ3v) is 7.29. The molecule has 0 unspecified atom stereocenters. The molecule has 0 aromatic heterocycles. The summed E-state index contributed by atoms with van der Waals surface area (Å²) in [5.74, 6) is -0.676. The molecule has 1 aliphatic heterocycles. The molecular weight excluding hydrogens is 498 g/mol. The molecule has 5 rings (SSSR count). The van der Waals surface area contributed by atoms with E-state index in [0.29, 0.717) is 32.9 Å². The van der Waals surface area contributed by atoms with Crippen molar-refractivity contribution < 1.29 is 19.1 Å². The molecule has 0 bridgehead atoms. The van der Waals surface area contributed by atoms with Gasteiger partial charge in [0.1, 0.15) is 5.75 Å². The summed E-state index contributed by atoms with van der Waals surface area (Å²) in [6, 6.07) is 21.1. The van der Waals surface area contributed by atoms with Crippen LogP contribution in [0.3, 0.4) is 0 Å². The summed E-state index contributed by atoms with van der Waals surface area (Å²) in [4.78, 5) is 37.7. The van der Waals surface area contributed by atoms with Gasteiger partial charge in [-0.25, -0.2) is 4.79 Å². The van der Waals surface area contributed by atoms with Crippen LogP contribution in [0.25, 0.3) is 11.1 Å². The Balaban J connectivity index is 0.000000243. The van der Waals surface area contributed by atoms with E-state index in [1.165, 1.54) is 64.5 Å². The number of fused-ring (bicyclic) bond motifs is 2.